The molecule has 0 spiro atoms. The fraction of sp³-hybridized carbons (Fsp3) is 0.702. The van der Waals surface area contributed by atoms with E-state index in [2.05, 4.69) is 106 Å². The molecule has 0 fully saturated rings. The Balaban J connectivity index is 4.43. The third-order valence-corrected chi connectivity index (χ3v) is 10.9. The van der Waals surface area contributed by atoms with Crippen molar-refractivity contribution in [2.75, 3.05) is 13.2 Å². The quantitative estimate of drug-likeness (QED) is 0.0262. The monoisotopic (exact) mass is 877 g/mol. The molecule has 0 aromatic rings. The molecule has 0 rings (SSSR count). The molecule has 0 saturated heterocycles. The van der Waals surface area contributed by atoms with Gasteiger partial charge in [0.25, 0.3) is 0 Å². The van der Waals surface area contributed by atoms with Crippen molar-refractivity contribution in [3.8, 4) is 0 Å². The molecule has 0 amide bonds. The maximum atomic E-state index is 12.8. The van der Waals surface area contributed by atoms with E-state index >= 15 is 0 Å². The minimum Gasteiger partial charge on any atom is -0.462 e. The summed E-state index contributed by atoms with van der Waals surface area (Å²) in [4.78, 5) is 38.0. The first-order chi connectivity index (χ1) is 31.0. The summed E-state index contributed by atoms with van der Waals surface area (Å²) in [6, 6.07) is 0. The second kappa shape index (κ2) is 51.2. The molecule has 6 heteroatoms. The lowest BCUT2D eigenvalue weighted by molar-refractivity contribution is -0.167. The highest BCUT2D eigenvalue weighted by atomic mass is 16.6. The Hall–Kier alpha value is -3.41. The van der Waals surface area contributed by atoms with Crippen LogP contribution in [-0.2, 0) is 28.6 Å². The van der Waals surface area contributed by atoms with Crippen LogP contribution in [0.3, 0.4) is 0 Å². The van der Waals surface area contributed by atoms with Crippen LogP contribution in [-0.4, -0.2) is 37.2 Å². The lowest BCUT2D eigenvalue weighted by atomic mass is 10.1. The molecule has 0 aromatic heterocycles. The van der Waals surface area contributed by atoms with Crippen LogP contribution in [0.2, 0.25) is 0 Å². The number of unbranched alkanes of at least 4 members (excludes halogenated alkanes) is 21. The second-order valence-corrected chi connectivity index (χ2v) is 17.0. The van der Waals surface area contributed by atoms with E-state index in [0.717, 1.165) is 122 Å². The van der Waals surface area contributed by atoms with Gasteiger partial charge < -0.3 is 14.2 Å². The van der Waals surface area contributed by atoms with E-state index in [1.165, 1.54) is 77.0 Å². The summed E-state index contributed by atoms with van der Waals surface area (Å²) in [7, 11) is 0. The Morgan fingerprint density at radius 3 is 0.968 bits per heavy atom. The van der Waals surface area contributed by atoms with Gasteiger partial charge in [0.2, 0.25) is 0 Å². The molecule has 6 nitrogen and oxygen atoms in total. The summed E-state index contributed by atoms with van der Waals surface area (Å²) in [5.74, 6) is -0.922. The Bertz CT molecular complexity index is 1240. The minimum atomic E-state index is -0.790. The highest BCUT2D eigenvalue weighted by Gasteiger charge is 2.19. The molecule has 1 unspecified atom stereocenters. The normalized spacial score (nSPS) is 12.7. The zero-order valence-electron chi connectivity index (χ0n) is 41.1. The largest absolute Gasteiger partial charge is 0.462 e. The average Bonchev–Trinajstić information content (AvgIpc) is 3.28. The summed E-state index contributed by atoms with van der Waals surface area (Å²) >= 11 is 0. The van der Waals surface area contributed by atoms with Crippen LogP contribution < -0.4 is 0 Å². The minimum absolute atomic E-state index is 0.0876. The molecule has 360 valence electrons. The molecular weight excluding hydrogens is 781 g/mol. The van der Waals surface area contributed by atoms with Gasteiger partial charge in [-0.1, -0.05) is 215 Å². The molecule has 0 radical (unpaired) electrons. The first-order valence-electron chi connectivity index (χ1n) is 26.1. The summed E-state index contributed by atoms with van der Waals surface area (Å²) in [6.07, 6.45) is 65.6. The summed E-state index contributed by atoms with van der Waals surface area (Å²) in [5.41, 5.74) is 0. The lowest BCUT2D eigenvalue weighted by Crippen LogP contribution is -2.30. The third-order valence-electron chi connectivity index (χ3n) is 10.9. The number of hydrogen-bond acceptors (Lipinski definition) is 6. The molecule has 1 atom stereocenters. The SMILES string of the molecule is CC/C=C\C/C=C\C/C=C\C/C=C\CCCCCCC(=O)OCC(COC(=O)CCCCCCCCCCCCC)OC(=O)CCCCCCCCC/C=C\C/C=C\C/C=C\CC. The zero-order valence-corrected chi connectivity index (χ0v) is 41.1. The Kier molecular flexibility index (Phi) is 48.5. The molecular formula is C57H96O6. The number of hydrogen-bond donors (Lipinski definition) is 0. The number of carbonyl (C=O) groups is 3. The number of rotatable bonds is 46. The van der Waals surface area contributed by atoms with Gasteiger partial charge in [-0.05, 0) is 89.9 Å². The van der Waals surface area contributed by atoms with Crippen molar-refractivity contribution in [3.63, 3.8) is 0 Å². The zero-order chi connectivity index (χ0) is 45.8. The van der Waals surface area contributed by atoms with Gasteiger partial charge in [-0.3, -0.25) is 14.4 Å². The Morgan fingerprint density at radius 1 is 0.333 bits per heavy atom. The molecule has 0 aliphatic rings. The van der Waals surface area contributed by atoms with Gasteiger partial charge in [0.15, 0.2) is 6.10 Å². The second-order valence-electron chi connectivity index (χ2n) is 17.0. The van der Waals surface area contributed by atoms with Crippen LogP contribution in [0.25, 0.3) is 0 Å². The molecule has 0 aromatic carbocycles. The Morgan fingerprint density at radius 2 is 0.619 bits per heavy atom. The van der Waals surface area contributed by atoms with Crippen LogP contribution in [0.4, 0.5) is 0 Å². The van der Waals surface area contributed by atoms with E-state index in [9.17, 15) is 14.4 Å². The fourth-order valence-corrected chi connectivity index (χ4v) is 7.04. The molecule has 0 heterocycles. The van der Waals surface area contributed by atoms with E-state index in [1.54, 1.807) is 0 Å². The van der Waals surface area contributed by atoms with Crippen molar-refractivity contribution in [2.45, 2.75) is 245 Å². The summed E-state index contributed by atoms with van der Waals surface area (Å²) < 4.78 is 16.8. The maximum Gasteiger partial charge on any atom is 0.306 e. The van der Waals surface area contributed by atoms with Crippen LogP contribution >= 0.6 is 0 Å². The number of allylic oxidation sites excluding steroid dienone is 14. The topological polar surface area (TPSA) is 78.9 Å². The summed E-state index contributed by atoms with van der Waals surface area (Å²) in [5, 5.41) is 0. The van der Waals surface area contributed by atoms with E-state index < -0.39 is 6.10 Å². The van der Waals surface area contributed by atoms with E-state index in [-0.39, 0.29) is 31.1 Å². The smallest absolute Gasteiger partial charge is 0.306 e. The van der Waals surface area contributed by atoms with E-state index in [1.807, 2.05) is 0 Å². The van der Waals surface area contributed by atoms with Crippen molar-refractivity contribution in [1.82, 2.24) is 0 Å². The summed E-state index contributed by atoms with van der Waals surface area (Å²) in [6.45, 7) is 6.38. The average molecular weight is 877 g/mol. The fourth-order valence-electron chi connectivity index (χ4n) is 7.04. The van der Waals surface area contributed by atoms with Gasteiger partial charge >= 0.3 is 17.9 Å². The molecule has 63 heavy (non-hydrogen) atoms. The predicted octanol–water partition coefficient (Wildman–Crippen LogP) is 17.2. The number of carbonyl (C=O) groups excluding carboxylic acids is 3. The van der Waals surface area contributed by atoms with Crippen molar-refractivity contribution in [2.24, 2.45) is 0 Å². The first-order valence-corrected chi connectivity index (χ1v) is 26.1. The molecule has 0 N–H and O–H groups in total. The molecule has 0 bridgehead atoms. The van der Waals surface area contributed by atoms with Crippen molar-refractivity contribution in [3.05, 3.63) is 85.1 Å². The van der Waals surface area contributed by atoms with E-state index in [4.69, 9.17) is 14.2 Å². The van der Waals surface area contributed by atoms with Gasteiger partial charge in [0.05, 0.1) is 0 Å². The van der Waals surface area contributed by atoms with Crippen LogP contribution in [0, 0.1) is 0 Å². The number of ether oxygens (including phenoxy) is 3. The lowest BCUT2D eigenvalue weighted by Gasteiger charge is -2.18. The molecule has 0 aliphatic carbocycles. The highest BCUT2D eigenvalue weighted by Crippen LogP contribution is 2.14. The van der Waals surface area contributed by atoms with E-state index in [0.29, 0.717) is 19.3 Å². The van der Waals surface area contributed by atoms with Crippen LogP contribution in [0.15, 0.2) is 85.1 Å². The van der Waals surface area contributed by atoms with Gasteiger partial charge in [-0.2, -0.15) is 0 Å². The van der Waals surface area contributed by atoms with Crippen molar-refractivity contribution < 1.29 is 28.6 Å². The maximum absolute atomic E-state index is 12.8. The van der Waals surface area contributed by atoms with Crippen molar-refractivity contribution in [1.29, 1.82) is 0 Å². The molecule has 0 aliphatic heterocycles. The number of esters is 3. The standard InChI is InChI=1S/C57H96O6/c1-4-7-10-13-16-19-22-24-26-28-30-32-35-38-41-44-47-50-56(59)62-53-54(52-61-55(58)49-46-43-40-37-34-21-18-15-12-9-6-3)63-57(60)51-48-45-42-39-36-33-31-29-27-25-23-20-17-14-11-8-5-2/h7-8,10-11,16-17,19-20,24-27,30,32,54H,4-6,9,12-15,18,21-23,28-29,31,33-53H2,1-3H3/b10-7-,11-8-,19-16-,20-17-,26-24-,27-25-,32-30-. The van der Waals surface area contributed by atoms with Gasteiger partial charge in [0.1, 0.15) is 13.2 Å². The van der Waals surface area contributed by atoms with Crippen molar-refractivity contribution >= 4 is 17.9 Å². The highest BCUT2D eigenvalue weighted by molar-refractivity contribution is 5.71. The van der Waals surface area contributed by atoms with Crippen LogP contribution in [0.5, 0.6) is 0 Å². The van der Waals surface area contributed by atoms with Gasteiger partial charge in [-0.15, -0.1) is 0 Å². The van der Waals surface area contributed by atoms with Gasteiger partial charge in [0, 0.05) is 19.3 Å². The first kappa shape index (κ1) is 59.6. The van der Waals surface area contributed by atoms with Crippen LogP contribution in [0.1, 0.15) is 239 Å². The molecule has 0 saturated carbocycles. The third kappa shape index (κ3) is 49.5. The van der Waals surface area contributed by atoms with Gasteiger partial charge in [-0.25, -0.2) is 0 Å². The predicted molar refractivity (Wildman–Crippen MR) is 270 cm³/mol. The Labute approximate surface area is 388 Å².